The van der Waals surface area contributed by atoms with E-state index in [1.807, 2.05) is 33.8 Å². The average Bonchev–Trinajstić information content (AvgIpc) is 2.67. The number of amidine groups is 1. The van der Waals surface area contributed by atoms with Crippen molar-refractivity contribution in [2.24, 2.45) is 10.1 Å². The molecule has 7 nitrogen and oxygen atoms in total. The summed E-state index contributed by atoms with van der Waals surface area (Å²) in [5.74, 6) is 0.135. The summed E-state index contributed by atoms with van der Waals surface area (Å²) in [5.41, 5.74) is 4.80. The van der Waals surface area contributed by atoms with Gasteiger partial charge in [-0.3, -0.25) is 15.0 Å². The molecule has 1 aromatic carbocycles. The molecule has 0 radical (unpaired) electrons. The van der Waals surface area contributed by atoms with Crippen LogP contribution in [0.2, 0.25) is 0 Å². The van der Waals surface area contributed by atoms with Crippen LogP contribution in [0.3, 0.4) is 0 Å². The summed E-state index contributed by atoms with van der Waals surface area (Å²) in [5, 5.41) is 10.4. The van der Waals surface area contributed by atoms with Crippen molar-refractivity contribution in [3.05, 3.63) is 59.4 Å². The van der Waals surface area contributed by atoms with E-state index in [9.17, 15) is 9.59 Å². The summed E-state index contributed by atoms with van der Waals surface area (Å²) in [7, 11) is 0. The van der Waals surface area contributed by atoms with Gasteiger partial charge in [-0.05, 0) is 50.8 Å². The Morgan fingerprint density at radius 3 is 2.61 bits per heavy atom. The molecule has 28 heavy (non-hydrogen) atoms. The van der Waals surface area contributed by atoms with Crippen molar-refractivity contribution in [2.75, 3.05) is 5.75 Å². The number of rotatable bonds is 6. The lowest BCUT2D eigenvalue weighted by Crippen LogP contribution is -2.38. The van der Waals surface area contributed by atoms with E-state index in [1.165, 1.54) is 11.8 Å². The van der Waals surface area contributed by atoms with Gasteiger partial charge in [0.2, 0.25) is 0 Å². The Labute approximate surface area is 169 Å². The van der Waals surface area contributed by atoms with Crippen molar-refractivity contribution >= 4 is 34.5 Å². The van der Waals surface area contributed by atoms with Gasteiger partial charge >= 0.3 is 0 Å². The van der Waals surface area contributed by atoms with Gasteiger partial charge in [-0.15, -0.1) is 0 Å². The molecule has 1 aliphatic heterocycles. The van der Waals surface area contributed by atoms with Crippen LogP contribution in [-0.2, 0) is 4.79 Å². The van der Waals surface area contributed by atoms with E-state index in [1.54, 1.807) is 36.4 Å². The summed E-state index contributed by atoms with van der Waals surface area (Å²) in [6, 6.07) is 8.68. The number of benzene rings is 1. The molecule has 1 aromatic rings. The van der Waals surface area contributed by atoms with Crippen LogP contribution in [0.5, 0.6) is 0 Å². The Hall–Kier alpha value is -2.87. The predicted octanol–water partition coefficient (Wildman–Crippen LogP) is 2.80. The fourth-order valence-corrected chi connectivity index (χ4v) is 2.77. The van der Waals surface area contributed by atoms with Crippen molar-refractivity contribution in [3.8, 4) is 0 Å². The van der Waals surface area contributed by atoms with E-state index >= 15 is 0 Å². The average molecular weight is 400 g/mol. The summed E-state index contributed by atoms with van der Waals surface area (Å²) in [6.07, 6.45) is 3.23. The minimum absolute atomic E-state index is 0.0649. The molecular weight excluding hydrogens is 374 g/mol. The van der Waals surface area contributed by atoms with Crippen LogP contribution in [0.25, 0.3) is 0 Å². The second-order valence-corrected chi connectivity index (χ2v) is 7.49. The third-order valence-corrected chi connectivity index (χ3v) is 4.29. The van der Waals surface area contributed by atoms with Crippen LogP contribution < -0.4 is 16.1 Å². The Kier molecular flexibility index (Phi) is 8.01. The van der Waals surface area contributed by atoms with E-state index in [0.29, 0.717) is 22.1 Å². The second kappa shape index (κ2) is 10.5. The molecule has 148 valence electrons. The van der Waals surface area contributed by atoms with Gasteiger partial charge in [0.15, 0.2) is 5.17 Å². The normalized spacial score (nSPS) is 15.6. The lowest BCUT2D eigenvalue weighted by atomic mass is 10.2. The highest BCUT2D eigenvalue weighted by Crippen LogP contribution is 2.12. The van der Waals surface area contributed by atoms with Gasteiger partial charge in [0.05, 0.1) is 11.4 Å². The molecule has 0 unspecified atom stereocenters. The first kappa shape index (κ1) is 21.4. The molecule has 0 spiro atoms. The molecule has 0 aromatic heterocycles. The SMILES string of the molecule is CCSC1=N/C(=C\C=C(/NC(=O)c2ccccc2)C(=O)NC(C)C)C(C)=NN1. The first-order chi connectivity index (χ1) is 13.4. The first-order valence-corrected chi connectivity index (χ1v) is 10.0. The van der Waals surface area contributed by atoms with Crippen molar-refractivity contribution in [3.63, 3.8) is 0 Å². The number of thioether (sulfide) groups is 1. The maximum absolute atomic E-state index is 12.5. The lowest BCUT2D eigenvalue weighted by molar-refractivity contribution is -0.118. The van der Waals surface area contributed by atoms with E-state index in [2.05, 4.69) is 26.2 Å². The molecule has 0 saturated carbocycles. The molecule has 0 atom stereocenters. The van der Waals surface area contributed by atoms with Gasteiger partial charge in [0, 0.05) is 11.6 Å². The fraction of sp³-hybridized carbons (Fsp3) is 0.300. The van der Waals surface area contributed by atoms with Crippen molar-refractivity contribution in [1.29, 1.82) is 0 Å². The number of hydrazone groups is 1. The maximum atomic E-state index is 12.5. The zero-order valence-corrected chi connectivity index (χ0v) is 17.3. The molecule has 0 saturated heterocycles. The molecule has 0 fully saturated rings. The Balaban J connectivity index is 2.30. The van der Waals surface area contributed by atoms with Gasteiger partial charge in [-0.1, -0.05) is 36.9 Å². The van der Waals surface area contributed by atoms with Crippen molar-refractivity contribution in [1.82, 2.24) is 16.1 Å². The van der Waals surface area contributed by atoms with E-state index < -0.39 is 0 Å². The van der Waals surface area contributed by atoms with Gasteiger partial charge in [-0.2, -0.15) is 5.10 Å². The topological polar surface area (TPSA) is 95.0 Å². The van der Waals surface area contributed by atoms with E-state index in [-0.39, 0.29) is 23.6 Å². The number of aliphatic imine (C=N–C) groups is 1. The van der Waals surface area contributed by atoms with E-state index in [0.717, 1.165) is 5.75 Å². The van der Waals surface area contributed by atoms with Crippen molar-refractivity contribution < 1.29 is 9.59 Å². The third-order valence-electron chi connectivity index (χ3n) is 3.55. The quantitative estimate of drug-likeness (QED) is 0.641. The van der Waals surface area contributed by atoms with Crippen LogP contribution >= 0.6 is 11.8 Å². The zero-order valence-electron chi connectivity index (χ0n) is 16.4. The highest BCUT2D eigenvalue weighted by atomic mass is 32.2. The number of hydrogen-bond acceptors (Lipinski definition) is 6. The highest BCUT2D eigenvalue weighted by molar-refractivity contribution is 8.13. The van der Waals surface area contributed by atoms with Crippen LogP contribution in [0.15, 0.2) is 64.0 Å². The standard InChI is InChI=1S/C20H25N5O2S/c1-5-28-20-23-16(14(4)24-25-20)11-12-17(19(27)21-13(2)3)22-18(26)15-9-7-6-8-10-15/h6-13H,5H2,1-4H3,(H,21,27)(H,22,26)(H,23,25)/b16-11-,17-12-. The van der Waals surface area contributed by atoms with Gasteiger partial charge < -0.3 is 10.6 Å². The molecular formula is C20H25N5O2S. The molecule has 8 heteroatoms. The van der Waals surface area contributed by atoms with E-state index in [4.69, 9.17) is 0 Å². The van der Waals surface area contributed by atoms with Crippen LogP contribution in [-0.4, -0.2) is 34.5 Å². The molecule has 0 bridgehead atoms. The minimum Gasteiger partial charge on any atom is -0.349 e. The zero-order chi connectivity index (χ0) is 20.5. The van der Waals surface area contributed by atoms with Gasteiger partial charge in [-0.25, -0.2) is 4.99 Å². The summed E-state index contributed by atoms with van der Waals surface area (Å²) >= 11 is 1.54. The lowest BCUT2D eigenvalue weighted by Gasteiger charge is -2.14. The van der Waals surface area contributed by atoms with Crippen molar-refractivity contribution in [2.45, 2.75) is 33.7 Å². The summed E-state index contributed by atoms with van der Waals surface area (Å²) in [4.78, 5) is 29.5. The minimum atomic E-state index is -0.369. The molecule has 1 heterocycles. The molecule has 1 aliphatic rings. The summed E-state index contributed by atoms with van der Waals surface area (Å²) < 4.78 is 0. The third kappa shape index (κ3) is 6.38. The van der Waals surface area contributed by atoms with Crippen LogP contribution in [0, 0.1) is 0 Å². The number of nitrogens with one attached hydrogen (secondary N) is 3. The first-order valence-electron chi connectivity index (χ1n) is 9.02. The fourth-order valence-electron chi connectivity index (χ4n) is 2.22. The Bertz CT molecular complexity index is 841. The largest absolute Gasteiger partial charge is 0.349 e. The molecule has 0 aliphatic carbocycles. The molecule has 3 N–H and O–H groups in total. The number of carbonyl (C=O) groups is 2. The Morgan fingerprint density at radius 2 is 1.96 bits per heavy atom. The number of nitrogens with zero attached hydrogens (tertiary/aromatic N) is 2. The number of carbonyl (C=O) groups excluding carboxylic acids is 2. The van der Waals surface area contributed by atoms with Gasteiger partial charge in [0.25, 0.3) is 11.8 Å². The number of hydrogen-bond donors (Lipinski definition) is 3. The molecule has 2 rings (SSSR count). The monoisotopic (exact) mass is 399 g/mol. The van der Waals surface area contributed by atoms with Crippen LogP contribution in [0.1, 0.15) is 38.1 Å². The second-order valence-electron chi connectivity index (χ2n) is 6.24. The Morgan fingerprint density at radius 1 is 1.25 bits per heavy atom. The predicted molar refractivity (Wildman–Crippen MR) is 115 cm³/mol. The maximum Gasteiger partial charge on any atom is 0.267 e. The highest BCUT2D eigenvalue weighted by Gasteiger charge is 2.15. The van der Waals surface area contributed by atoms with Crippen LogP contribution in [0.4, 0.5) is 0 Å². The number of allylic oxidation sites excluding steroid dienone is 3. The summed E-state index contributed by atoms with van der Waals surface area (Å²) in [6.45, 7) is 7.56. The molecule has 2 amide bonds. The van der Waals surface area contributed by atoms with Gasteiger partial charge in [0.1, 0.15) is 5.70 Å². The smallest absolute Gasteiger partial charge is 0.267 e. The number of amides is 2.